The zero-order valence-electron chi connectivity index (χ0n) is 14.6. The standard InChI is InChI=1S/C19H29ClO2P.Pd/c1-21-17-12-7-13-18(19(17)22-2)23(14-20,15-8-3-4-9-15)16-10-5-6-11-16;/h7,12-16,23H,3-6,8-11H2,1-2H3;. The fourth-order valence-corrected chi connectivity index (χ4v) is 15.7. The molecule has 1 aromatic rings. The Morgan fingerprint density at radius 2 is 1.54 bits per heavy atom. The van der Waals surface area contributed by atoms with Gasteiger partial charge in [-0.25, -0.2) is 0 Å². The van der Waals surface area contributed by atoms with E-state index in [1.807, 2.05) is 6.07 Å². The minimum atomic E-state index is -2.00. The molecule has 1 unspecified atom stereocenters. The van der Waals surface area contributed by atoms with E-state index in [2.05, 4.69) is 31.3 Å². The Kier molecular flexibility index (Phi) is 6.53. The first-order valence-electron chi connectivity index (χ1n) is 9.12. The van der Waals surface area contributed by atoms with E-state index >= 15 is 0 Å². The van der Waals surface area contributed by atoms with Gasteiger partial charge in [0.2, 0.25) is 0 Å². The molecular formula is C19H29ClO2PPd. The molecule has 5 heteroatoms. The fourth-order valence-electron chi connectivity index (χ4n) is 5.24. The van der Waals surface area contributed by atoms with Crippen LogP contribution in [0.15, 0.2) is 18.2 Å². The second-order valence-electron chi connectivity index (χ2n) is 7.21. The summed E-state index contributed by atoms with van der Waals surface area (Å²) in [6, 6.07) is 6.41. The summed E-state index contributed by atoms with van der Waals surface area (Å²) < 4.78 is 11.6. The third-order valence-corrected chi connectivity index (χ3v) is 15.4. The Labute approximate surface area is 162 Å². The first-order chi connectivity index (χ1) is 11.7. The molecule has 3 rings (SSSR count). The van der Waals surface area contributed by atoms with Gasteiger partial charge in [-0.3, -0.25) is 0 Å². The minimum absolute atomic E-state index is 0.0766. The molecule has 0 amide bonds. The van der Waals surface area contributed by atoms with Crippen molar-refractivity contribution in [3.8, 4) is 11.5 Å². The van der Waals surface area contributed by atoms with Crippen LogP contribution in [0.4, 0.5) is 0 Å². The van der Waals surface area contributed by atoms with Gasteiger partial charge in [0.25, 0.3) is 0 Å². The number of alkyl halides is 1. The van der Waals surface area contributed by atoms with E-state index in [0.29, 0.717) is 0 Å². The SMILES string of the molecule is COc1cccc([PH]([CH](Cl)[Pd])(C2CCCC2)C2CCCC2)c1OC. The van der Waals surface area contributed by atoms with Gasteiger partial charge in [0.1, 0.15) is 0 Å². The average Bonchev–Trinajstić information content (AvgIpc) is 3.29. The molecule has 2 nitrogen and oxygen atoms in total. The van der Waals surface area contributed by atoms with E-state index in [0.717, 1.165) is 22.8 Å². The summed E-state index contributed by atoms with van der Waals surface area (Å²) in [5.41, 5.74) is 1.50. The number of para-hydroxylation sites is 1. The second kappa shape index (κ2) is 8.26. The van der Waals surface area contributed by atoms with Crippen LogP contribution in [-0.2, 0) is 19.2 Å². The van der Waals surface area contributed by atoms with Gasteiger partial charge >= 0.3 is 163 Å². The summed E-state index contributed by atoms with van der Waals surface area (Å²) in [6.07, 6.45) is 10.7. The number of methoxy groups -OCH3 is 2. The first kappa shape index (κ1) is 19.0. The molecule has 139 valence electrons. The van der Waals surface area contributed by atoms with Crippen molar-refractivity contribution in [2.24, 2.45) is 0 Å². The Bertz CT molecular complexity index is 538. The number of ether oxygens (including phenoxy) is 2. The van der Waals surface area contributed by atoms with Crippen molar-refractivity contribution >= 4 is 24.2 Å². The van der Waals surface area contributed by atoms with Crippen molar-refractivity contribution < 1.29 is 28.7 Å². The van der Waals surface area contributed by atoms with Crippen LogP contribution in [0.5, 0.6) is 11.5 Å². The van der Waals surface area contributed by atoms with Crippen molar-refractivity contribution in [3.63, 3.8) is 0 Å². The number of hydrogen-bond acceptors (Lipinski definition) is 2. The van der Waals surface area contributed by atoms with Gasteiger partial charge in [0.15, 0.2) is 0 Å². The van der Waals surface area contributed by atoms with Crippen LogP contribution in [-0.4, -0.2) is 29.1 Å². The predicted octanol–water partition coefficient (Wildman–Crippen LogP) is 5.03. The third-order valence-electron chi connectivity index (χ3n) is 6.26. The Hall–Kier alpha value is 0.202. The van der Waals surface area contributed by atoms with E-state index in [4.69, 9.17) is 21.1 Å². The van der Waals surface area contributed by atoms with Crippen molar-refractivity contribution in [1.82, 2.24) is 0 Å². The quantitative estimate of drug-likeness (QED) is 0.336. The summed E-state index contributed by atoms with van der Waals surface area (Å²) in [5.74, 6) is 1.78. The Morgan fingerprint density at radius 3 is 1.96 bits per heavy atom. The first-order valence-corrected chi connectivity index (χ1v) is 12.7. The fraction of sp³-hybridized carbons (Fsp3) is 0.684. The summed E-state index contributed by atoms with van der Waals surface area (Å²) in [4.78, 5) is 0. The Morgan fingerprint density at radius 1 is 1.00 bits per heavy atom. The van der Waals surface area contributed by atoms with Crippen LogP contribution in [0.2, 0.25) is 0 Å². The molecule has 0 heterocycles. The maximum atomic E-state index is 7.02. The maximum absolute atomic E-state index is 7.02. The average molecular weight is 462 g/mol. The normalized spacial score (nSPS) is 21.9. The van der Waals surface area contributed by atoms with Gasteiger partial charge in [-0.15, -0.1) is 0 Å². The molecule has 0 aromatic heterocycles. The summed E-state index contributed by atoms with van der Waals surface area (Å²) >= 11 is 10.6. The van der Waals surface area contributed by atoms with Crippen LogP contribution in [0.1, 0.15) is 51.4 Å². The molecule has 0 N–H and O–H groups in total. The molecule has 0 spiro atoms. The molecule has 0 bridgehead atoms. The van der Waals surface area contributed by atoms with Gasteiger partial charge in [-0.05, 0) is 0 Å². The van der Waals surface area contributed by atoms with Crippen molar-refractivity contribution in [3.05, 3.63) is 18.2 Å². The summed E-state index contributed by atoms with van der Waals surface area (Å²) in [5, 5.41) is 1.38. The second-order valence-corrected chi connectivity index (χ2v) is 14.8. The molecular weight excluding hydrogens is 433 g/mol. The van der Waals surface area contributed by atoms with E-state index in [-0.39, 0.29) is 3.59 Å². The molecule has 24 heavy (non-hydrogen) atoms. The summed E-state index contributed by atoms with van der Waals surface area (Å²) in [7, 11) is 1.49. The van der Waals surface area contributed by atoms with E-state index in [1.165, 1.54) is 56.7 Å². The number of rotatable bonds is 6. The van der Waals surface area contributed by atoms with Crippen molar-refractivity contribution in [2.45, 2.75) is 66.3 Å². The molecule has 2 aliphatic rings. The molecule has 2 aliphatic carbocycles. The van der Waals surface area contributed by atoms with Crippen LogP contribution in [0.3, 0.4) is 0 Å². The van der Waals surface area contributed by atoms with Crippen LogP contribution >= 0.6 is 18.9 Å². The van der Waals surface area contributed by atoms with Crippen LogP contribution in [0.25, 0.3) is 0 Å². The Balaban J connectivity index is 2.20. The molecule has 2 saturated carbocycles. The topological polar surface area (TPSA) is 18.5 Å². The summed E-state index contributed by atoms with van der Waals surface area (Å²) in [6.45, 7) is 0. The monoisotopic (exact) mass is 461 g/mol. The van der Waals surface area contributed by atoms with E-state index in [1.54, 1.807) is 14.2 Å². The van der Waals surface area contributed by atoms with Crippen LogP contribution in [0, 0.1) is 0 Å². The molecule has 0 aliphatic heterocycles. The van der Waals surface area contributed by atoms with Crippen LogP contribution < -0.4 is 14.8 Å². The zero-order chi connectivity index (χ0) is 17.2. The zero-order valence-corrected chi connectivity index (χ0v) is 17.9. The van der Waals surface area contributed by atoms with Gasteiger partial charge in [-0.2, -0.15) is 0 Å². The van der Waals surface area contributed by atoms with E-state index in [9.17, 15) is 0 Å². The molecule has 0 saturated heterocycles. The molecule has 0 radical (unpaired) electrons. The van der Waals surface area contributed by atoms with Crippen molar-refractivity contribution in [2.75, 3.05) is 14.2 Å². The van der Waals surface area contributed by atoms with Gasteiger partial charge in [0.05, 0.1) is 0 Å². The number of hydrogen-bond donors (Lipinski definition) is 0. The molecule has 1 aromatic carbocycles. The van der Waals surface area contributed by atoms with Crippen molar-refractivity contribution in [1.29, 1.82) is 0 Å². The van der Waals surface area contributed by atoms with Gasteiger partial charge in [-0.1, -0.05) is 0 Å². The number of halogens is 1. The molecule has 2 fully saturated rings. The molecule has 1 atom stereocenters. The van der Waals surface area contributed by atoms with Gasteiger partial charge < -0.3 is 0 Å². The third kappa shape index (κ3) is 3.16. The van der Waals surface area contributed by atoms with E-state index < -0.39 is 7.26 Å². The number of benzene rings is 1. The van der Waals surface area contributed by atoms with Gasteiger partial charge in [0, 0.05) is 0 Å². The predicted molar refractivity (Wildman–Crippen MR) is 102 cm³/mol.